The zero-order valence-corrected chi connectivity index (χ0v) is 26.0. The van der Waals surface area contributed by atoms with Gasteiger partial charge in [0, 0.05) is 26.2 Å². The molecule has 1 saturated carbocycles. The van der Waals surface area contributed by atoms with Crippen molar-refractivity contribution in [3.8, 4) is 17.5 Å². The van der Waals surface area contributed by atoms with E-state index in [1.165, 1.54) is 22.4 Å². The lowest BCUT2D eigenvalue weighted by Crippen LogP contribution is -2.51. The molecule has 1 aromatic heterocycles. The summed E-state index contributed by atoms with van der Waals surface area (Å²) >= 11 is 13.9. The topological polar surface area (TPSA) is 117 Å². The molecule has 0 spiro atoms. The normalized spacial score (nSPS) is 15.5. The van der Waals surface area contributed by atoms with Gasteiger partial charge in [-0.2, -0.15) is 4.68 Å². The molecule has 43 heavy (non-hydrogen) atoms. The summed E-state index contributed by atoms with van der Waals surface area (Å²) in [7, 11) is 0. The minimum Gasteiger partial charge on any atom is -0.339 e. The number of nitrogens with zero attached hydrogens (tertiary/aromatic N) is 5. The fraction of sp³-hybridized carbons (Fsp3) is 0.414. The number of tetrazole rings is 1. The molecule has 0 atom stereocenters. The molecule has 0 bridgehead atoms. The fourth-order valence-corrected chi connectivity index (χ4v) is 5.72. The van der Waals surface area contributed by atoms with E-state index >= 15 is 4.39 Å². The van der Waals surface area contributed by atoms with E-state index in [1.807, 2.05) is 18.2 Å². The highest BCUT2D eigenvalue weighted by atomic mass is 35.5. The summed E-state index contributed by atoms with van der Waals surface area (Å²) in [6.45, 7) is 7.05. The number of rotatable bonds is 9. The van der Waals surface area contributed by atoms with Gasteiger partial charge in [-0.05, 0) is 72.9 Å². The second kappa shape index (κ2) is 13.6. The van der Waals surface area contributed by atoms with Gasteiger partial charge in [-0.1, -0.05) is 52.9 Å². The Bertz CT molecular complexity index is 1580. The van der Waals surface area contributed by atoms with Gasteiger partial charge in [0.2, 0.25) is 17.0 Å². The first-order valence-electron chi connectivity index (χ1n) is 13.9. The molecule has 0 radical (unpaired) electrons. The number of amides is 2. The van der Waals surface area contributed by atoms with E-state index in [2.05, 4.69) is 48.2 Å². The Hall–Kier alpha value is -3.21. The van der Waals surface area contributed by atoms with Crippen LogP contribution in [-0.2, 0) is 9.59 Å². The summed E-state index contributed by atoms with van der Waals surface area (Å²) in [4.78, 5) is 27.2. The van der Waals surface area contributed by atoms with E-state index < -0.39 is 17.3 Å². The van der Waals surface area contributed by atoms with Gasteiger partial charge in [-0.15, -0.1) is 5.10 Å². The van der Waals surface area contributed by atoms with Crippen LogP contribution in [0.25, 0.3) is 5.69 Å². The molecule has 3 aromatic rings. The summed E-state index contributed by atoms with van der Waals surface area (Å²) in [6, 6.07) is 8.72. The van der Waals surface area contributed by atoms with Gasteiger partial charge < -0.3 is 16.0 Å². The number of benzene rings is 2. The minimum atomic E-state index is -0.896. The van der Waals surface area contributed by atoms with Crippen molar-refractivity contribution in [2.75, 3.05) is 43.8 Å². The number of thioether (sulfide) groups is 1. The number of nitrogens with one attached hydrogen (secondary N) is 3. The lowest BCUT2D eigenvalue weighted by molar-refractivity contribution is -0.123. The van der Waals surface area contributed by atoms with Crippen LogP contribution in [0.1, 0.15) is 43.7 Å². The predicted molar refractivity (Wildman–Crippen MR) is 165 cm³/mol. The Kier molecular flexibility index (Phi) is 9.88. The molecular formula is C29H31Cl2FN8O2S. The van der Waals surface area contributed by atoms with Crippen molar-refractivity contribution in [2.24, 2.45) is 0 Å². The summed E-state index contributed by atoms with van der Waals surface area (Å²) in [5, 5.41) is 21.1. The van der Waals surface area contributed by atoms with E-state index in [-0.39, 0.29) is 34.5 Å². The van der Waals surface area contributed by atoms with Crippen molar-refractivity contribution in [3.05, 3.63) is 57.3 Å². The highest BCUT2D eigenvalue weighted by Gasteiger charge is 2.25. The van der Waals surface area contributed by atoms with Crippen LogP contribution in [0, 0.1) is 17.7 Å². The van der Waals surface area contributed by atoms with Gasteiger partial charge in [-0.3, -0.25) is 14.5 Å². The lowest BCUT2D eigenvalue weighted by Gasteiger charge is -2.28. The second-order valence-corrected chi connectivity index (χ2v) is 12.7. The lowest BCUT2D eigenvalue weighted by atomic mass is 10.0. The second-order valence-electron chi connectivity index (χ2n) is 10.9. The molecule has 226 valence electrons. The van der Waals surface area contributed by atoms with Crippen LogP contribution in [0.15, 0.2) is 35.5 Å². The zero-order chi connectivity index (χ0) is 30.6. The van der Waals surface area contributed by atoms with Crippen molar-refractivity contribution in [3.63, 3.8) is 0 Å². The molecule has 10 nitrogen and oxygen atoms in total. The van der Waals surface area contributed by atoms with Gasteiger partial charge >= 0.3 is 0 Å². The molecule has 2 amide bonds. The van der Waals surface area contributed by atoms with Gasteiger partial charge in [0.15, 0.2) is 5.82 Å². The average Bonchev–Trinajstić information content (AvgIpc) is 3.72. The first-order valence-corrected chi connectivity index (χ1v) is 15.6. The quantitative estimate of drug-likeness (QED) is 0.237. The molecule has 2 aromatic carbocycles. The Labute approximate surface area is 263 Å². The number of hydrogen-bond donors (Lipinski definition) is 3. The molecule has 1 saturated heterocycles. The number of piperazine rings is 1. The molecule has 2 fully saturated rings. The smallest absolute Gasteiger partial charge is 0.235 e. The van der Waals surface area contributed by atoms with E-state index in [1.54, 1.807) is 13.8 Å². The highest BCUT2D eigenvalue weighted by Crippen LogP contribution is 2.41. The Morgan fingerprint density at radius 2 is 1.93 bits per heavy atom. The van der Waals surface area contributed by atoms with Crippen LogP contribution in [0.3, 0.4) is 0 Å². The van der Waals surface area contributed by atoms with E-state index in [4.69, 9.17) is 23.2 Å². The summed E-state index contributed by atoms with van der Waals surface area (Å²) in [5.41, 5.74) is 1.06. The van der Waals surface area contributed by atoms with Crippen molar-refractivity contribution in [1.82, 2.24) is 35.7 Å². The number of hydrogen-bond acceptors (Lipinski definition) is 8. The largest absolute Gasteiger partial charge is 0.339 e. The number of carbonyl (C=O) groups excluding carboxylic acids is 2. The third kappa shape index (κ3) is 8.25. The third-order valence-corrected chi connectivity index (χ3v) is 8.51. The number of halogens is 3. The average molecular weight is 646 g/mol. The van der Waals surface area contributed by atoms with Crippen LogP contribution in [-0.4, -0.2) is 80.9 Å². The third-order valence-electron chi connectivity index (χ3n) is 6.92. The van der Waals surface area contributed by atoms with Crippen molar-refractivity contribution < 1.29 is 14.0 Å². The molecule has 2 heterocycles. The maximum Gasteiger partial charge on any atom is 0.235 e. The van der Waals surface area contributed by atoms with Crippen LogP contribution in [0.4, 0.5) is 10.1 Å². The summed E-state index contributed by atoms with van der Waals surface area (Å²) in [6.07, 6.45) is 2.33. The Morgan fingerprint density at radius 3 is 2.65 bits per heavy atom. The van der Waals surface area contributed by atoms with Crippen molar-refractivity contribution in [2.45, 2.75) is 43.3 Å². The number of anilines is 1. The SMILES string of the molecule is CC(C)(C#Cc1ccc(NC(=O)CSc2nnnn2-c2ccc(C3CC3)cc2Cl)c(Cl)c1F)NC(=O)CN1CCNCC1. The van der Waals surface area contributed by atoms with Crippen LogP contribution in [0.5, 0.6) is 0 Å². The molecule has 1 aliphatic carbocycles. The van der Waals surface area contributed by atoms with Crippen LogP contribution < -0.4 is 16.0 Å². The molecule has 2 aliphatic rings. The molecule has 5 rings (SSSR count). The number of carbonyl (C=O) groups is 2. The maximum atomic E-state index is 15.1. The first kappa shape index (κ1) is 31.2. The Morgan fingerprint density at radius 1 is 1.16 bits per heavy atom. The molecule has 14 heteroatoms. The van der Waals surface area contributed by atoms with Gasteiger partial charge in [-0.25, -0.2) is 4.39 Å². The van der Waals surface area contributed by atoms with E-state index in [0.717, 1.165) is 50.8 Å². The van der Waals surface area contributed by atoms with Crippen LogP contribution >= 0.6 is 35.0 Å². The summed E-state index contributed by atoms with van der Waals surface area (Å²) < 4.78 is 16.6. The molecular weight excluding hydrogens is 614 g/mol. The zero-order valence-electron chi connectivity index (χ0n) is 23.7. The monoisotopic (exact) mass is 644 g/mol. The van der Waals surface area contributed by atoms with Crippen molar-refractivity contribution >= 4 is 52.5 Å². The van der Waals surface area contributed by atoms with E-state index in [9.17, 15) is 9.59 Å². The van der Waals surface area contributed by atoms with Crippen LogP contribution in [0.2, 0.25) is 10.0 Å². The molecule has 3 N–H and O–H groups in total. The number of aromatic nitrogens is 4. The molecule has 0 unspecified atom stereocenters. The fourth-order valence-electron chi connectivity index (χ4n) is 4.56. The Balaban J connectivity index is 1.17. The maximum absolute atomic E-state index is 15.1. The van der Waals surface area contributed by atoms with Gasteiger partial charge in [0.05, 0.1) is 39.8 Å². The van der Waals surface area contributed by atoms with E-state index in [0.29, 0.717) is 21.8 Å². The molecule has 1 aliphatic heterocycles. The van der Waals surface area contributed by atoms with Gasteiger partial charge in [0.25, 0.3) is 0 Å². The highest BCUT2D eigenvalue weighted by molar-refractivity contribution is 7.99. The first-order chi connectivity index (χ1) is 20.6. The van der Waals surface area contributed by atoms with Gasteiger partial charge in [0.1, 0.15) is 5.02 Å². The summed E-state index contributed by atoms with van der Waals surface area (Å²) in [5.74, 6) is 4.83. The minimum absolute atomic E-state index is 0.0468. The standard InChI is InChI=1S/C29H31Cl2FN8O2S/c1-29(2,35-24(41)16-39-13-11-33-12-14-39)10-9-19-5-7-22(26(31)27(19)32)34-25(42)17-43-28-36-37-38-40(28)23-8-6-20(15-21(23)30)18-3-4-18/h5-8,15,18,33H,3-4,11-14,16-17H2,1-2H3,(H,34,42)(H,35,41). The van der Waals surface area contributed by atoms with Crippen molar-refractivity contribution in [1.29, 1.82) is 0 Å². The predicted octanol–water partition coefficient (Wildman–Crippen LogP) is 3.87.